The summed E-state index contributed by atoms with van der Waals surface area (Å²) < 4.78 is 9.50. The first kappa shape index (κ1) is 22.3. The molecule has 1 heterocycles. The molecule has 6 unspecified atom stereocenters. The van der Waals surface area contributed by atoms with E-state index in [1.165, 1.54) is 24.8 Å². The van der Waals surface area contributed by atoms with Gasteiger partial charge in [-0.3, -0.25) is 9.18 Å². The maximum Gasteiger partial charge on any atom is 0.226 e. The van der Waals surface area contributed by atoms with Gasteiger partial charge >= 0.3 is 0 Å². The highest BCUT2D eigenvalue weighted by Gasteiger charge is 2.53. The van der Waals surface area contributed by atoms with Crippen LogP contribution in [0.15, 0.2) is 30.3 Å². The largest absolute Gasteiger partial charge is 0.353 e. The predicted molar refractivity (Wildman–Crippen MR) is 118 cm³/mol. The minimum Gasteiger partial charge on any atom is -0.353 e. The lowest BCUT2D eigenvalue weighted by Gasteiger charge is -2.54. The minimum absolute atomic E-state index is 0.176. The van der Waals surface area contributed by atoms with Crippen molar-refractivity contribution in [3.8, 4) is 0 Å². The van der Waals surface area contributed by atoms with E-state index < -0.39 is 0 Å². The van der Waals surface area contributed by atoms with E-state index in [1.54, 1.807) is 0 Å². The number of hydrogen-bond acceptors (Lipinski definition) is 2. The summed E-state index contributed by atoms with van der Waals surface area (Å²) in [5.41, 5.74) is 1.39. The van der Waals surface area contributed by atoms with Crippen molar-refractivity contribution in [2.45, 2.75) is 83.2 Å². The molecule has 2 aliphatic carbocycles. The molecular weight excluding hydrogens is 363 g/mol. The van der Waals surface area contributed by atoms with Crippen LogP contribution in [0.4, 0.5) is 4.39 Å². The molecule has 4 rings (SSSR count). The van der Waals surface area contributed by atoms with E-state index in [0.717, 1.165) is 38.1 Å². The molecule has 1 aromatic rings. The Morgan fingerprint density at radius 2 is 1.83 bits per heavy atom. The van der Waals surface area contributed by atoms with E-state index in [1.807, 2.05) is 0 Å². The van der Waals surface area contributed by atoms with Crippen molar-refractivity contribution in [3.63, 3.8) is 0 Å². The number of fused-ring (bicyclic) bond motifs is 2. The molecule has 3 aliphatic rings. The average molecular weight is 403 g/mol. The van der Waals surface area contributed by atoms with Crippen LogP contribution in [0.5, 0.6) is 0 Å². The monoisotopic (exact) mass is 402 g/mol. The molecule has 6 atom stereocenters. The van der Waals surface area contributed by atoms with Crippen LogP contribution >= 0.6 is 0 Å². The Bertz CT molecular complexity index is 677. The molecule has 2 saturated carbocycles. The first-order valence-electron chi connectivity index (χ1n) is 11.4. The number of carbonyl (C=O) groups is 1. The van der Waals surface area contributed by atoms with E-state index >= 15 is 0 Å². The molecule has 1 saturated heterocycles. The Morgan fingerprint density at radius 3 is 2.52 bits per heavy atom. The van der Waals surface area contributed by atoms with E-state index in [-0.39, 0.29) is 10.8 Å². The predicted octanol–water partition coefficient (Wildman–Crippen LogP) is 5.00. The zero-order valence-corrected chi connectivity index (χ0v) is 18.6. The maximum atomic E-state index is 13.4. The van der Waals surface area contributed by atoms with Crippen LogP contribution < -0.4 is 10.6 Å². The Kier molecular flexibility index (Phi) is 7.03. The molecule has 1 aliphatic heterocycles. The van der Waals surface area contributed by atoms with Crippen LogP contribution in [-0.4, -0.2) is 31.7 Å². The van der Waals surface area contributed by atoms with Crippen molar-refractivity contribution >= 4 is 5.91 Å². The van der Waals surface area contributed by atoms with E-state index in [9.17, 15) is 9.18 Å². The SMILES string of the molecule is CC1CC2CC(C)(C(=O)NC3CCNC(C)C3)CC(c3ccccc3)(C1)C2.CF. The molecule has 1 amide bonds. The number of benzene rings is 1. The van der Waals surface area contributed by atoms with Gasteiger partial charge < -0.3 is 10.6 Å². The van der Waals surface area contributed by atoms with Crippen LogP contribution in [0.3, 0.4) is 0 Å². The van der Waals surface area contributed by atoms with Crippen LogP contribution in [-0.2, 0) is 10.2 Å². The Labute approximate surface area is 176 Å². The van der Waals surface area contributed by atoms with Gasteiger partial charge in [-0.1, -0.05) is 44.2 Å². The van der Waals surface area contributed by atoms with Gasteiger partial charge in [0.1, 0.15) is 0 Å². The second-order valence-corrected chi connectivity index (χ2v) is 10.3. The van der Waals surface area contributed by atoms with Gasteiger partial charge in [-0.2, -0.15) is 0 Å². The lowest BCUT2D eigenvalue weighted by Crippen LogP contribution is -2.55. The molecule has 4 heteroatoms. The van der Waals surface area contributed by atoms with Crippen molar-refractivity contribution < 1.29 is 9.18 Å². The van der Waals surface area contributed by atoms with Gasteiger partial charge in [0.05, 0.1) is 7.18 Å². The number of halogens is 1. The van der Waals surface area contributed by atoms with Gasteiger partial charge in [0.2, 0.25) is 5.91 Å². The summed E-state index contributed by atoms with van der Waals surface area (Å²) in [6, 6.07) is 11.9. The number of alkyl halides is 1. The van der Waals surface area contributed by atoms with Gasteiger partial charge in [0.25, 0.3) is 0 Å². The molecular formula is C25H39FN2O. The fourth-order valence-corrected chi connectivity index (χ4v) is 6.72. The van der Waals surface area contributed by atoms with Gasteiger partial charge in [-0.15, -0.1) is 0 Å². The van der Waals surface area contributed by atoms with Crippen molar-refractivity contribution in [3.05, 3.63) is 35.9 Å². The summed E-state index contributed by atoms with van der Waals surface area (Å²) >= 11 is 0. The number of hydrogen-bond donors (Lipinski definition) is 2. The molecule has 3 nitrogen and oxygen atoms in total. The summed E-state index contributed by atoms with van der Waals surface area (Å²) in [5, 5.41) is 6.94. The van der Waals surface area contributed by atoms with Crippen LogP contribution in [0, 0.1) is 17.3 Å². The number of piperidine rings is 1. The molecule has 0 aromatic heterocycles. The van der Waals surface area contributed by atoms with E-state index in [0.29, 0.717) is 31.1 Å². The van der Waals surface area contributed by atoms with Gasteiger partial charge in [0.15, 0.2) is 0 Å². The van der Waals surface area contributed by atoms with Crippen molar-refractivity contribution in [1.29, 1.82) is 0 Å². The summed E-state index contributed by atoms with van der Waals surface area (Å²) in [5.74, 6) is 1.73. The van der Waals surface area contributed by atoms with Gasteiger partial charge in [-0.05, 0) is 81.2 Å². The normalized spacial score (nSPS) is 39.1. The van der Waals surface area contributed by atoms with Gasteiger partial charge in [0, 0.05) is 17.5 Å². The van der Waals surface area contributed by atoms with Crippen molar-refractivity contribution in [1.82, 2.24) is 10.6 Å². The summed E-state index contributed by atoms with van der Waals surface area (Å²) in [6.45, 7) is 7.88. The van der Waals surface area contributed by atoms with E-state index in [4.69, 9.17) is 0 Å². The van der Waals surface area contributed by atoms with Crippen LogP contribution in [0.1, 0.15) is 71.3 Å². The molecule has 0 radical (unpaired) electrons. The molecule has 2 N–H and O–H groups in total. The zero-order chi connectivity index (χ0) is 21.1. The van der Waals surface area contributed by atoms with Gasteiger partial charge in [-0.25, -0.2) is 0 Å². The second kappa shape index (κ2) is 9.16. The number of amides is 1. The highest BCUT2D eigenvalue weighted by atomic mass is 19.1. The van der Waals surface area contributed by atoms with Crippen molar-refractivity contribution in [2.24, 2.45) is 17.3 Å². The topological polar surface area (TPSA) is 41.1 Å². The van der Waals surface area contributed by atoms with E-state index in [2.05, 4.69) is 61.7 Å². The smallest absolute Gasteiger partial charge is 0.226 e. The maximum absolute atomic E-state index is 13.4. The molecule has 162 valence electrons. The van der Waals surface area contributed by atoms with Crippen molar-refractivity contribution in [2.75, 3.05) is 13.7 Å². The molecule has 0 spiro atoms. The third-order valence-electron chi connectivity index (χ3n) is 7.52. The highest BCUT2D eigenvalue weighted by molar-refractivity contribution is 5.83. The third-order valence-corrected chi connectivity index (χ3v) is 7.52. The Hall–Kier alpha value is -1.42. The summed E-state index contributed by atoms with van der Waals surface area (Å²) in [6.07, 6.45) is 7.91. The summed E-state index contributed by atoms with van der Waals surface area (Å²) in [4.78, 5) is 13.4. The molecule has 3 fully saturated rings. The average Bonchev–Trinajstić information content (AvgIpc) is 2.69. The van der Waals surface area contributed by atoms with Crippen LogP contribution in [0.2, 0.25) is 0 Å². The Morgan fingerprint density at radius 1 is 1.10 bits per heavy atom. The Balaban J connectivity index is 0.00000117. The minimum atomic E-state index is -0.243. The standard InChI is InChI=1S/C24H36N2O.CH3F/c1-17-11-19-14-23(3,22(27)26-21-9-10-25-18(2)12-21)16-24(13-17,15-19)20-7-5-4-6-8-20;1-2/h4-8,17-19,21,25H,9-16H2,1-3H3,(H,26,27);1H3. The molecule has 2 bridgehead atoms. The fourth-order valence-electron chi connectivity index (χ4n) is 6.72. The first-order valence-corrected chi connectivity index (χ1v) is 11.4. The zero-order valence-electron chi connectivity index (χ0n) is 18.6. The summed E-state index contributed by atoms with van der Waals surface area (Å²) in [7, 11) is 0.500. The quantitative estimate of drug-likeness (QED) is 0.747. The lowest BCUT2D eigenvalue weighted by atomic mass is 9.50. The molecule has 1 aromatic carbocycles. The highest BCUT2D eigenvalue weighted by Crippen LogP contribution is 2.58. The number of carbonyl (C=O) groups excluding carboxylic acids is 1. The van der Waals surface area contributed by atoms with Crippen LogP contribution in [0.25, 0.3) is 0 Å². The molecule has 29 heavy (non-hydrogen) atoms. The lowest BCUT2D eigenvalue weighted by molar-refractivity contribution is -0.137. The second-order valence-electron chi connectivity index (χ2n) is 10.3. The number of nitrogens with one attached hydrogen (secondary N) is 2. The third kappa shape index (κ3) is 4.84. The first-order chi connectivity index (χ1) is 13.9. The fraction of sp³-hybridized carbons (Fsp3) is 0.720. The number of rotatable bonds is 3.